The number of carbonyl (C=O) groups is 2. The van der Waals surface area contributed by atoms with Crippen molar-refractivity contribution in [3.05, 3.63) is 53.1 Å². The van der Waals surface area contributed by atoms with Gasteiger partial charge in [-0.25, -0.2) is 0 Å². The maximum Gasteiger partial charge on any atom is 0.262 e. The summed E-state index contributed by atoms with van der Waals surface area (Å²) >= 11 is 0. The molecular formula is C21H24N2O3. The lowest BCUT2D eigenvalue weighted by Crippen LogP contribution is -2.33. The van der Waals surface area contributed by atoms with E-state index >= 15 is 0 Å². The molecule has 2 aromatic carbocycles. The molecule has 0 bridgehead atoms. The fourth-order valence-corrected chi connectivity index (χ4v) is 3.30. The van der Waals surface area contributed by atoms with Gasteiger partial charge < -0.3 is 15.0 Å². The average molecular weight is 352 g/mol. The number of hydrogen-bond donors (Lipinski definition) is 1. The van der Waals surface area contributed by atoms with Gasteiger partial charge in [0.25, 0.3) is 5.91 Å². The number of nitrogens with one attached hydrogen (secondary N) is 1. The van der Waals surface area contributed by atoms with Gasteiger partial charge in [-0.3, -0.25) is 9.59 Å². The SMILES string of the molecule is CC(=O)N1CCCc2cc(NC(=O)COc3ccc(C)cc3C)ccc21. The number of benzene rings is 2. The summed E-state index contributed by atoms with van der Waals surface area (Å²) in [6.45, 7) is 6.27. The molecule has 2 aromatic rings. The van der Waals surface area contributed by atoms with Crippen molar-refractivity contribution in [2.75, 3.05) is 23.4 Å². The Labute approximate surface area is 154 Å². The minimum absolute atomic E-state index is 0.0411. The lowest BCUT2D eigenvalue weighted by Gasteiger charge is -2.29. The van der Waals surface area contributed by atoms with Crippen LogP contribution in [-0.4, -0.2) is 25.0 Å². The minimum atomic E-state index is -0.204. The van der Waals surface area contributed by atoms with E-state index in [0.29, 0.717) is 5.75 Å². The van der Waals surface area contributed by atoms with Gasteiger partial charge in [0.2, 0.25) is 5.91 Å². The molecule has 1 N–H and O–H groups in total. The molecule has 2 amide bonds. The Morgan fingerprint density at radius 2 is 1.96 bits per heavy atom. The van der Waals surface area contributed by atoms with Gasteiger partial charge in [0.15, 0.2) is 6.61 Å². The van der Waals surface area contributed by atoms with Gasteiger partial charge in [0.1, 0.15) is 5.75 Å². The second-order valence-corrected chi connectivity index (χ2v) is 6.72. The van der Waals surface area contributed by atoms with E-state index in [2.05, 4.69) is 5.32 Å². The van der Waals surface area contributed by atoms with Crippen molar-refractivity contribution in [1.82, 2.24) is 0 Å². The van der Waals surface area contributed by atoms with Crippen molar-refractivity contribution in [3.8, 4) is 5.75 Å². The fraction of sp³-hybridized carbons (Fsp3) is 0.333. The van der Waals surface area contributed by atoms with Crippen LogP contribution in [0.2, 0.25) is 0 Å². The van der Waals surface area contributed by atoms with Gasteiger partial charge in [-0.15, -0.1) is 0 Å². The average Bonchev–Trinajstić information content (AvgIpc) is 2.60. The molecule has 136 valence electrons. The summed E-state index contributed by atoms with van der Waals surface area (Å²) in [4.78, 5) is 25.7. The molecule has 5 heteroatoms. The summed E-state index contributed by atoms with van der Waals surface area (Å²) in [5.74, 6) is 0.557. The number of carbonyl (C=O) groups excluding carboxylic acids is 2. The third-order valence-electron chi connectivity index (χ3n) is 4.55. The quantitative estimate of drug-likeness (QED) is 0.914. The molecule has 1 aliphatic rings. The van der Waals surface area contributed by atoms with Gasteiger partial charge >= 0.3 is 0 Å². The summed E-state index contributed by atoms with van der Waals surface area (Å²) in [5, 5.41) is 2.87. The van der Waals surface area contributed by atoms with Crippen molar-refractivity contribution in [3.63, 3.8) is 0 Å². The van der Waals surface area contributed by atoms with Crippen LogP contribution in [0.25, 0.3) is 0 Å². The second kappa shape index (κ2) is 7.60. The number of nitrogens with zero attached hydrogens (tertiary/aromatic N) is 1. The van der Waals surface area contributed by atoms with E-state index in [1.165, 1.54) is 0 Å². The van der Waals surface area contributed by atoms with Crippen LogP contribution in [0.1, 0.15) is 30.0 Å². The van der Waals surface area contributed by atoms with Crippen LogP contribution in [-0.2, 0) is 16.0 Å². The Kier molecular flexibility index (Phi) is 5.26. The highest BCUT2D eigenvalue weighted by atomic mass is 16.5. The zero-order valence-electron chi connectivity index (χ0n) is 15.5. The number of anilines is 2. The number of rotatable bonds is 4. The highest BCUT2D eigenvalue weighted by Crippen LogP contribution is 2.29. The van der Waals surface area contributed by atoms with Crippen LogP contribution in [0.4, 0.5) is 11.4 Å². The number of fused-ring (bicyclic) bond motifs is 1. The maximum absolute atomic E-state index is 12.2. The van der Waals surface area contributed by atoms with Crippen LogP contribution in [0.15, 0.2) is 36.4 Å². The van der Waals surface area contributed by atoms with Crippen molar-refractivity contribution in [2.45, 2.75) is 33.6 Å². The number of hydrogen-bond acceptors (Lipinski definition) is 3. The van der Waals surface area contributed by atoms with E-state index in [0.717, 1.165) is 47.5 Å². The normalized spacial score (nSPS) is 13.1. The van der Waals surface area contributed by atoms with Crippen LogP contribution in [0.3, 0.4) is 0 Å². The van der Waals surface area contributed by atoms with Gasteiger partial charge in [0.05, 0.1) is 0 Å². The van der Waals surface area contributed by atoms with Crippen LogP contribution in [0, 0.1) is 13.8 Å². The van der Waals surface area contributed by atoms with Crippen molar-refractivity contribution in [2.24, 2.45) is 0 Å². The summed E-state index contributed by atoms with van der Waals surface area (Å²) in [6, 6.07) is 11.5. The molecule has 0 saturated carbocycles. The van der Waals surface area contributed by atoms with E-state index in [-0.39, 0.29) is 18.4 Å². The van der Waals surface area contributed by atoms with Gasteiger partial charge in [-0.1, -0.05) is 17.7 Å². The van der Waals surface area contributed by atoms with Crippen LogP contribution >= 0.6 is 0 Å². The summed E-state index contributed by atoms with van der Waals surface area (Å²) < 4.78 is 5.62. The third-order valence-corrected chi connectivity index (χ3v) is 4.55. The lowest BCUT2D eigenvalue weighted by atomic mass is 10.0. The van der Waals surface area contributed by atoms with E-state index in [1.807, 2.05) is 50.2 Å². The number of amides is 2. The molecule has 0 aliphatic carbocycles. The molecule has 26 heavy (non-hydrogen) atoms. The Bertz CT molecular complexity index is 845. The smallest absolute Gasteiger partial charge is 0.262 e. The van der Waals surface area contributed by atoms with E-state index in [4.69, 9.17) is 4.74 Å². The Balaban J connectivity index is 1.63. The zero-order chi connectivity index (χ0) is 18.7. The standard InChI is InChI=1S/C21H24N2O3/c1-14-6-9-20(15(2)11-14)26-13-21(25)22-18-7-8-19-17(12-18)5-4-10-23(19)16(3)24/h6-9,11-12H,4-5,10,13H2,1-3H3,(H,22,25). The summed E-state index contributed by atoms with van der Waals surface area (Å²) in [5.41, 5.74) is 4.92. The molecule has 0 atom stereocenters. The first-order valence-electron chi connectivity index (χ1n) is 8.85. The molecule has 0 radical (unpaired) electrons. The number of ether oxygens (including phenoxy) is 1. The highest BCUT2D eigenvalue weighted by Gasteiger charge is 2.20. The van der Waals surface area contributed by atoms with Crippen molar-refractivity contribution in [1.29, 1.82) is 0 Å². The molecule has 5 nitrogen and oxygen atoms in total. The minimum Gasteiger partial charge on any atom is -0.483 e. The Morgan fingerprint density at radius 1 is 1.15 bits per heavy atom. The third kappa shape index (κ3) is 4.04. The van der Waals surface area contributed by atoms with Crippen molar-refractivity contribution >= 4 is 23.2 Å². The van der Waals surface area contributed by atoms with Gasteiger partial charge in [0, 0.05) is 24.8 Å². The highest BCUT2D eigenvalue weighted by molar-refractivity contribution is 5.95. The molecule has 3 rings (SSSR count). The molecule has 0 spiro atoms. The van der Waals surface area contributed by atoms with E-state index in [1.54, 1.807) is 11.8 Å². The predicted molar refractivity (Wildman–Crippen MR) is 103 cm³/mol. The molecule has 0 fully saturated rings. The van der Waals surface area contributed by atoms with E-state index in [9.17, 15) is 9.59 Å². The summed E-state index contributed by atoms with van der Waals surface area (Å²) in [6.07, 6.45) is 1.83. The lowest BCUT2D eigenvalue weighted by molar-refractivity contribution is -0.118. The fourth-order valence-electron chi connectivity index (χ4n) is 3.30. The van der Waals surface area contributed by atoms with Crippen LogP contribution in [0.5, 0.6) is 5.75 Å². The second-order valence-electron chi connectivity index (χ2n) is 6.72. The first-order valence-corrected chi connectivity index (χ1v) is 8.85. The van der Waals surface area contributed by atoms with Crippen molar-refractivity contribution < 1.29 is 14.3 Å². The molecule has 1 heterocycles. The van der Waals surface area contributed by atoms with Crippen LogP contribution < -0.4 is 15.0 Å². The first kappa shape index (κ1) is 18.0. The van der Waals surface area contributed by atoms with Gasteiger partial charge in [-0.2, -0.15) is 0 Å². The topological polar surface area (TPSA) is 58.6 Å². The first-order chi connectivity index (χ1) is 12.4. The van der Waals surface area contributed by atoms with Gasteiger partial charge in [-0.05, 0) is 62.1 Å². The monoisotopic (exact) mass is 352 g/mol. The molecule has 0 aromatic heterocycles. The van der Waals surface area contributed by atoms with E-state index < -0.39 is 0 Å². The zero-order valence-corrected chi connectivity index (χ0v) is 15.5. The maximum atomic E-state index is 12.2. The largest absolute Gasteiger partial charge is 0.483 e. The Morgan fingerprint density at radius 3 is 2.69 bits per heavy atom. The molecule has 1 aliphatic heterocycles. The molecule has 0 saturated heterocycles. The summed E-state index contributed by atoms with van der Waals surface area (Å²) in [7, 11) is 0. The number of aryl methyl sites for hydroxylation is 3. The molecule has 0 unspecified atom stereocenters. The Hall–Kier alpha value is -2.82. The predicted octanol–water partition coefficient (Wildman–Crippen LogP) is 3.62. The molecular weight excluding hydrogens is 328 g/mol.